The molecule has 0 aliphatic heterocycles. The Balaban J connectivity index is 2.14. The van der Waals surface area contributed by atoms with Crippen LogP contribution in [0.5, 0.6) is 0 Å². The maximum absolute atomic E-state index is 14.3. The fourth-order valence-electron chi connectivity index (χ4n) is 4.62. The molecule has 0 saturated heterocycles. The summed E-state index contributed by atoms with van der Waals surface area (Å²) in [6.07, 6.45) is 14.0. The van der Waals surface area contributed by atoms with E-state index in [1.54, 1.807) is 12.1 Å². The van der Waals surface area contributed by atoms with Crippen molar-refractivity contribution in [3.05, 3.63) is 129 Å². The number of H-pyrrole nitrogens is 2. The van der Waals surface area contributed by atoms with Crippen molar-refractivity contribution < 1.29 is 4.39 Å². The first-order valence-corrected chi connectivity index (χ1v) is 13.0. The third-order valence-corrected chi connectivity index (χ3v) is 6.44. The molecule has 0 atom stereocenters. The lowest BCUT2D eigenvalue weighted by molar-refractivity contribution is 0.449. The highest BCUT2D eigenvalue weighted by atomic mass is 19.1. The molecule has 0 spiro atoms. The number of rotatable bonds is 10. The van der Waals surface area contributed by atoms with Gasteiger partial charge >= 0.3 is 0 Å². The number of likely N-dealkylation sites (N-methyl/N-ethyl adjacent to an activating group) is 1. The Morgan fingerprint density at radius 1 is 1.05 bits per heavy atom. The van der Waals surface area contributed by atoms with Crippen LogP contribution in [0, 0.1) is 19.7 Å². The molecule has 5 heteroatoms. The molecule has 0 aliphatic carbocycles. The summed E-state index contributed by atoms with van der Waals surface area (Å²) in [7, 11) is 4.08. The van der Waals surface area contributed by atoms with Crippen molar-refractivity contribution in [2.24, 2.45) is 0 Å². The Morgan fingerprint density at radius 2 is 1.77 bits per heavy atom. The van der Waals surface area contributed by atoms with E-state index in [1.807, 2.05) is 60.0 Å². The van der Waals surface area contributed by atoms with E-state index in [-0.39, 0.29) is 5.82 Å². The van der Waals surface area contributed by atoms with E-state index < -0.39 is 0 Å². The number of benzene rings is 1. The molecular formula is C34H39FN4. The highest BCUT2D eigenvalue weighted by molar-refractivity contribution is 5.84. The Labute approximate surface area is 231 Å². The molecule has 0 amide bonds. The maximum atomic E-state index is 14.3. The van der Waals surface area contributed by atoms with Crippen molar-refractivity contribution in [3.63, 3.8) is 0 Å². The Kier molecular flexibility index (Phi) is 9.80. The van der Waals surface area contributed by atoms with Crippen LogP contribution in [0.3, 0.4) is 0 Å². The number of nitrogens with zero attached hydrogens (tertiary/aromatic N) is 2. The van der Waals surface area contributed by atoms with Crippen LogP contribution in [0.2, 0.25) is 0 Å². The minimum Gasteiger partial charge on any atom is -0.357 e. The Morgan fingerprint density at radius 3 is 2.36 bits per heavy atom. The van der Waals surface area contributed by atoms with Crippen molar-refractivity contribution in [2.75, 3.05) is 20.6 Å². The van der Waals surface area contributed by atoms with Gasteiger partial charge in [0, 0.05) is 23.0 Å². The molecular weight excluding hydrogens is 483 g/mol. The molecule has 0 bridgehead atoms. The lowest BCUT2D eigenvalue weighted by Gasteiger charge is -2.12. The molecule has 1 aromatic carbocycles. The van der Waals surface area contributed by atoms with E-state index in [2.05, 4.69) is 70.2 Å². The quantitative estimate of drug-likeness (QED) is 0.297. The van der Waals surface area contributed by atoms with Gasteiger partial charge in [0.05, 0.1) is 11.0 Å². The topological polar surface area (TPSA) is 47.7 Å². The van der Waals surface area contributed by atoms with Crippen LogP contribution < -0.4 is 10.6 Å². The highest BCUT2D eigenvalue weighted by Gasteiger charge is 2.16. The number of aromatic nitrogens is 3. The van der Waals surface area contributed by atoms with Crippen LogP contribution in [-0.2, 0) is 0 Å². The number of hydrogen-bond acceptors (Lipinski definition) is 2. The van der Waals surface area contributed by atoms with E-state index in [1.165, 1.54) is 6.07 Å². The van der Waals surface area contributed by atoms with Gasteiger partial charge in [0.25, 0.3) is 0 Å². The fourth-order valence-corrected chi connectivity index (χ4v) is 4.62. The van der Waals surface area contributed by atoms with Crippen LogP contribution in [0.4, 0.5) is 4.39 Å². The summed E-state index contributed by atoms with van der Waals surface area (Å²) in [6.45, 7) is 20.8. The Bertz CT molecular complexity index is 1580. The van der Waals surface area contributed by atoms with Crippen LogP contribution in [-0.4, -0.2) is 40.7 Å². The molecule has 3 aromatic rings. The molecule has 0 aliphatic rings. The summed E-state index contributed by atoms with van der Waals surface area (Å²) in [5.74, 6) is -0.267. The smallest absolute Gasteiger partial charge is 0.124 e. The summed E-state index contributed by atoms with van der Waals surface area (Å²) in [6, 6.07) is 7.10. The van der Waals surface area contributed by atoms with Crippen molar-refractivity contribution in [3.8, 4) is 11.4 Å². The summed E-state index contributed by atoms with van der Waals surface area (Å²) < 4.78 is 14.3. The molecule has 2 heterocycles. The molecule has 0 saturated carbocycles. The van der Waals surface area contributed by atoms with Gasteiger partial charge in [-0.25, -0.2) is 4.39 Å². The third kappa shape index (κ3) is 7.01. The lowest BCUT2D eigenvalue weighted by Crippen LogP contribution is -2.22. The molecule has 2 aromatic heterocycles. The number of hydrogen-bond donors (Lipinski definition) is 2. The van der Waals surface area contributed by atoms with Crippen molar-refractivity contribution >= 4 is 18.2 Å². The van der Waals surface area contributed by atoms with Crippen LogP contribution in [0.25, 0.3) is 29.6 Å². The van der Waals surface area contributed by atoms with Crippen molar-refractivity contribution in [2.45, 2.75) is 27.7 Å². The third-order valence-electron chi connectivity index (χ3n) is 6.44. The number of aromatic amines is 2. The second-order valence-corrected chi connectivity index (χ2v) is 9.81. The number of allylic oxidation sites excluding steroid dienone is 7. The molecule has 0 radical (unpaired) electrons. The van der Waals surface area contributed by atoms with E-state index in [0.717, 1.165) is 73.2 Å². The Hall–Kier alpha value is -4.22. The van der Waals surface area contributed by atoms with Crippen LogP contribution in [0.1, 0.15) is 36.2 Å². The normalized spacial score (nSPS) is 13.9. The first-order chi connectivity index (χ1) is 18.6. The van der Waals surface area contributed by atoms with Gasteiger partial charge in [-0.2, -0.15) is 5.10 Å². The predicted molar refractivity (Wildman–Crippen MR) is 165 cm³/mol. The van der Waals surface area contributed by atoms with Gasteiger partial charge in [0.1, 0.15) is 11.5 Å². The summed E-state index contributed by atoms with van der Waals surface area (Å²) >= 11 is 0. The monoisotopic (exact) mass is 522 g/mol. The second kappa shape index (κ2) is 13.0. The molecule has 39 heavy (non-hydrogen) atoms. The van der Waals surface area contributed by atoms with E-state index in [4.69, 9.17) is 0 Å². The van der Waals surface area contributed by atoms with Gasteiger partial charge in [-0.15, -0.1) is 0 Å². The average molecular weight is 523 g/mol. The van der Waals surface area contributed by atoms with Crippen molar-refractivity contribution in [1.82, 2.24) is 20.1 Å². The standard InChI is InChI=1S/C34H39FN4/c1-10-14-30(28-15-22(5)16-29(35)18-28)31-20-33(36-23(31)6)34-32(24(7)37-38-34)19-27(13-4)26(12-3)17-25(11-2)21-39(8)9/h10-20,36-37H,1-2,7,21H2,3-6,8-9H3/b25-17+,26-12+,27-13+,30-14-,32-19+. The minimum absolute atomic E-state index is 0.267. The largest absolute Gasteiger partial charge is 0.357 e. The van der Waals surface area contributed by atoms with Crippen LogP contribution in [0.15, 0.2) is 90.6 Å². The summed E-state index contributed by atoms with van der Waals surface area (Å²) in [5.41, 5.74) is 9.31. The fraction of sp³-hybridized carbons (Fsp3) is 0.206. The van der Waals surface area contributed by atoms with E-state index in [0.29, 0.717) is 0 Å². The molecule has 2 N–H and O–H groups in total. The molecule has 0 fully saturated rings. The zero-order valence-corrected chi connectivity index (χ0v) is 24.0. The lowest BCUT2D eigenvalue weighted by atomic mass is 9.96. The first kappa shape index (κ1) is 29.3. The van der Waals surface area contributed by atoms with Crippen LogP contribution >= 0.6 is 0 Å². The molecule has 4 nitrogen and oxygen atoms in total. The number of aryl methyl sites for hydroxylation is 2. The second-order valence-electron chi connectivity index (χ2n) is 9.81. The number of nitrogens with one attached hydrogen (secondary N) is 2. The maximum Gasteiger partial charge on any atom is 0.124 e. The molecule has 3 rings (SSSR count). The van der Waals surface area contributed by atoms with Gasteiger partial charge in [-0.05, 0) is 99.5 Å². The summed E-state index contributed by atoms with van der Waals surface area (Å²) in [4.78, 5) is 5.60. The zero-order chi connectivity index (χ0) is 28.7. The van der Waals surface area contributed by atoms with E-state index in [9.17, 15) is 4.39 Å². The summed E-state index contributed by atoms with van der Waals surface area (Å²) in [5, 5.41) is 9.27. The molecule has 0 unspecified atom stereocenters. The van der Waals surface area contributed by atoms with Gasteiger partial charge < -0.3 is 9.88 Å². The molecule has 202 valence electrons. The van der Waals surface area contributed by atoms with Gasteiger partial charge in [-0.3, -0.25) is 5.10 Å². The average Bonchev–Trinajstić information content (AvgIpc) is 3.44. The minimum atomic E-state index is -0.267. The first-order valence-electron chi connectivity index (χ1n) is 13.0. The number of halogens is 1. The van der Waals surface area contributed by atoms with Gasteiger partial charge in [0.15, 0.2) is 0 Å². The highest BCUT2D eigenvalue weighted by Crippen LogP contribution is 2.30. The SMILES string of the molecule is C=C/C=C(/c1cc(C)cc(F)c1)c1cc(-c2n[nH]c(=C)\c2=C/C(=C\C)C(/C=C(\C=C)CN(C)C)=C/C)[nH]c1C. The van der Waals surface area contributed by atoms with Gasteiger partial charge in [0.2, 0.25) is 0 Å². The predicted octanol–water partition coefficient (Wildman–Crippen LogP) is 6.54. The van der Waals surface area contributed by atoms with Crippen molar-refractivity contribution in [1.29, 1.82) is 0 Å². The zero-order valence-electron chi connectivity index (χ0n) is 24.0. The van der Waals surface area contributed by atoms with E-state index >= 15 is 0 Å². The van der Waals surface area contributed by atoms with Gasteiger partial charge in [-0.1, -0.05) is 62.3 Å².